The highest BCUT2D eigenvalue weighted by atomic mass is 32.3. The minimum atomic E-state index is -5.08. The van der Waals surface area contributed by atoms with Crippen LogP contribution in [0.3, 0.4) is 0 Å². The van der Waals surface area contributed by atoms with Gasteiger partial charge >= 0.3 is 28.6 Å². The molecule has 2 aromatic heterocycles. The van der Waals surface area contributed by atoms with E-state index < -0.39 is 87.2 Å². The molecule has 4 N–H and O–H groups in total. The molecule has 1 saturated heterocycles. The fourth-order valence-electron chi connectivity index (χ4n) is 5.37. The Kier molecular flexibility index (Phi) is 15.6. The van der Waals surface area contributed by atoms with Gasteiger partial charge in [-0.3, -0.25) is 19.5 Å². The Morgan fingerprint density at radius 2 is 1.57 bits per heavy atom. The molecule has 3 aromatic rings. The number of nitrogens with zero attached hydrogens (tertiary/aromatic N) is 5. The molecule has 346 valence electrons. The third kappa shape index (κ3) is 15.5. The van der Waals surface area contributed by atoms with E-state index in [1.807, 2.05) is 10.8 Å². The molecule has 4 rings (SSSR count). The summed E-state index contributed by atoms with van der Waals surface area (Å²) in [4.78, 5) is 78.8. The molecular weight excluding hydrogens is 869 g/mol. The smallest absolute Gasteiger partial charge is 0.418 e. The van der Waals surface area contributed by atoms with Gasteiger partial charge in [0.25, 0.3) is 17.9 Å². The summed E-state index contributed by atoms with van der Waals surface area (Å²) in [5.74, 6) is -2.68. The molecule has 0 saturated carbocycles. The summed E-state index contributed by atoms with van der Waals surface area (Å²) in [5.41, 5.74) is -3.20. The third-order valence-electron chi connectivity index (χ3n) is 8.08. The number of oxime groups is 1. The van der Waals surface area contributed by atoms with E-state index in [-0.39, 0.29) is 10.8 Å². The van der Waals surface area contributed by atoms with Gasteiger partial charge in [-0.15, -0.1) is 15.6 Å². The predicted octanol–water partition coefficient (Wildman–Crippen LogP) is 4.62. The van der Waals surface area contributed by atoms with Crippen molar-refractivity contribution in [2.24, 2.45) is 5.16 Å². The first-order valence-corrected chi connectivity index (χ1v) is 21.7. The van der Waals surface area contributed by atoms with E-state index >= 15 is 0 Å². The first-order chi connectivity index (χ1) is 29.0. The number of carbonyl (C=O) groups is 5. The maximum Gasteiger partial charge on any atom is 0.418 e. The van der Waals surface area contributed by atoms with Gasteiger partial charge < -0.3 is 39.0 Å². The molecule has 2 atom stereocenters. The van der Waals surface area contributed by atoms with Crippen LogP contribution in [0.5, 0.6) is 5.75 Å². The predicted molar refractivity (Wildman–Crippen MR) is 227 cm³/mol. The zero-order chi connectivity index (χ0) is 47.1. The fraction of sp³-hybridized carbons (Fsp3) is 0.538. The second-order valence-electron chi connectivity index (χ2n) is 17.5. The van der Waals surface area contributed by atoms with Crippen molar-refractivity contribution in [1.82, 2.24) is 30.2 Å². The van der Waals surface area contributed by atoms with Crippen LogP contribution >= 0.6 is 11.3 Å². The van der Waals surface area contributed by atoms with Crippen LogP contribution in [0.1, 0.15) is 88.3 Å². The van der Waals surface area contributed by atoms with Crippen molar-refractivity contribution in [1.29, 1.82) is 0 Å². The van der Waals surface area contributed by atoms with Crippen LogP contribution in [0.25, 0.3) is 11.3 Å². The molecule has 1 aliphatic rings. The number of ether oxygens (including phenoxy) is 4. The molecule has 3 heterocycles. The number of aromatic nitrogens is 3. The number of imidazole rings is 1. The van der Waals surface area contributed by atoms with Crippen LogP contribution in [-0.2, 0) is 54.7 Å². The number of hydroxylamine groups is 2. The van der Waals surface area contributed by atoms with E-state index in [4.69, 9.17) is 28.3 Å². The van der Waals surface area contributed by atoms with Gasteiger partial charge in [0.1, 0.15) is 40.9 Å². The average Bonchev–Trinajstić information content (AvgIpc) is 3.80. The summed E-state index contributed by atoms with van der Waals surface area (Å²) >= 11 is 0.889. The quantitative estimate of drug-likeness (QED) is 0.0273. The minimum absolute atomic E-state index is 0.0117. The highest BCUT2D eigenvalue weighted by Gasteiger charge is 2.58. The largest absolute Gasteiger partial charge is 0.489 e. The Hall–Kier alpha value is -5.85. The number of amides is 4. The maximum atomic E-state index is 13.8. The van der Waals surface area contributed by atoms with Crippen LogP contribution in [0.15, 0.2) is 47.3 Å². The van der Waals surface area contributed by atoms with E-state index in [0.717, 1.165) is 16.9 Å². The summed E-state index contributed by atoms with van der Waals surface area (Å²) < 4.78 is 60.0. The van der Waals surface area contributed by atoms with E-state index in [9.17, 15) is 32.4 Å². The summed E-state index contributed by atoms with van der Waals surface area (Å²) in [5, 5.41) is 13.3. The Morgan fingerprint density at radius 3 is 2.16 bits per heavy atom. The van der Waals surface area contributed by atoms with Crippen molar-refractivity contribution >= 4 is 62.5 Å². The second kappa shape index (κ2) is 19.7. The second-order valence-corrected chi connectivity index (χ2v) is 19.4. The number of hydrogen-bond acceptors (Lipinski definition) is 17. The number of benzene rings is 1. The lowest BCUT2D eigenvalue weighted by Crippen LogP contribution is -2.76. The maximum absolute atomic E-state index is 13.8. The van der Waals surface area contributed by atoms with E-state index in [2.05, 4.69) is 35.4 Å². The number of anilines is 1. The number of alkyl carbamates (subject to hydrolysis) is 1. The number of rotatable bonds is 17. The number of aryl methyl sites for hydroxylation is 1. The Bertz CT molecular complexity index is 2270. The highest BCUT2D eigenvalue weighted by Crippen LogP contribution is 2.33. The molecule has 1 aliphatic heterocycles. The summed E-state index contributed by atoms with van der Waals surface area (Å²) in [6.45, 7) is 18.5. The molecule has 22 nitrogen and oxygen atoms in total. The van der Waals surface area contributed by atoms with Gasteiger partial charge in [-0.05, 0) is 107 Å². The number of esters is 1. The Morgan fingerprint density at radius 1 is 0.952 bits per heavy atom. The highest BCUT2D eigenvalue weighted by molar-refractivity contribution is 7.80. The Balaban J connectivity index is 1.51. The molecule has 0 radical (unpaired) electrons. The van der Waals surface area contributed by atoms with Gasteiger partial charge in [0.05, 0.1) is 17.6 Å². The van der Waals surface area contributed by atoms with Gasteiger partial charge in [-0.25, -0.2) is 24.4 Å². The Labute approximate surface area is 368 Å². The molecule has 4 amide bonds. The SMILES string of the molecule is CC(C)(C)OC(=O)NCCCn1cnc(-c2ccc(OCC(O/N=C(\C(=O)N[C@@H]3C(=O)N(OS(=O)(=O)O)C3(C)C)c3csc(NC(=O)OC(C)(C)C)n3)C(=O)OC(C)(C)C)cc2)c1. The molecule has 0 aliphatic carbocycles. The van der Waals surface area contributed by atoms with Crippen LogP contribution in [0.4, 0.5) is 14.7 Å². The molecule has 1 unspecified atom stereocenters. The number of hydrogen-bond donors (Lipinski definition) is 4. The van der Waals surface area contributed by atoms with Crippen molar-refractivity contribution in [2.75, 3.05) is 18.5 Å². The van der Waals surface area contributed by atoms with E-state index in [1.165, 1.54) is 19.2 Å². The summed E-state index contributed by atoms with van der Waals surface area (Å²) in [6.07, 6.45) is 1.26. The normalized spacial score (nSPS) is 16.0. The van der Waals surface area contributed by atoms with Crippen LogP contribution in [-0.4, -0.2) is 116 Å². The molecule has 0 spiro atoms. The molecule has 1 aromatic carbocycles. The first-order valence-electron chi connectivity index (χ1n) is 19.5. The lowest BCUT2D eigenvalue weighted by molar-refractivity contribution is -0.218. The van der Waals surface area contributed by atoms with Crippen molar-refractivity contribution < 1.29 is 65.0 Å². The molecule has 24 heteroatoms. The third-order valence-corrected chi connectivity index (χ3v) is 9.17. The van der Waals surface area contributed by atoms with Crippen molar-refractivity contribution in [3.05, 3.63) is 47.9 Å². The molecule has 0 bridgehead atoms. The standard InChI is InChI=1S/C39H54N8O14S2/c1-36(2,3)57-32(50)27(20-56-24-15-13-23(14-16-24)25-19-46(22-41-25)18-12-17-40-34(51)58-37(4,5)6)60-45-28(26-21-62-33(42-26)44-35(52)59-38(7,8)9)30(48)43-29-31(49)47(39(29,10)11)61-63(53,54)55/h13-16,19,21-22,27,29H,12,17-18,20H2,1-11H3,(H,40,51)(H,43,48)(H,42,44,52)(H,53,54,55)/b45-28-/t27?,29-/m1/s1. The molecular formula is C39H54N8O14S2. The van der Waals surface area contributed by atoms with E-state index in [0.29, 0.717) is 36.0 Å². The van der Waals surface area contributed by atoms with Crippen LogP contribution in [0.2, 0.25) is 0 Å². The van der Waals surface area contributed by atoms with Gasteiger partial charge in [0, 0.05) is 30.2 Å². The van der Waals surface area contributed by atoms with Crippen molar-refractivity contribution in [3.8, 4) is 17.0 Å². The lowest BCUT2D eigenvalue weighted by atomic mass is 9.84. The van der Waals surface area contributed by atoms with Gasteiger partial charge in [-0.2, -0.15) is 13.5 Å². The topological polar surface area (TPSA) is 277 Å². The number of thiazole rings is 1. The minimum Gasteiger partial charge on any atom is -0.489 e. The zero-order valence-electron chi connectivity index (χ0n) is 36.8. The van der Waals surface area contributed by atoms with Gasteiger partial charge in [0.2, 0.25) is 0 Å². The summed E-state index contributed by atoms with van der Waals surface area (Å²) in [6, 6.07) is 5.41. The fourth-order valence-corrected chi connectivity index (χ4v) is 6.51. The lowest BCUT2D eigenvalue weighted by Gasteiger charge is -2.50. The molecule has 1 fully saturated rings. The van der Waals surface area contributed by atoms with Crippen molar-refractivity contribution in [2.45, 2.75) is 124 Å². The van der Waals surface area contributed by atoms with Gasteiger partial charge in [0.15, 0.2) is 10.8 Å². The van der Waals surface area contributed by atoms with Gasteiger partial charge in [-0.1, -0.05) is 5.16 Å². The number of carbonyl (C=O) groups excluding carboxylic acids is 5. The van der Waals surface area contributed by atoms with Crippen LogP contribution in [0, 0.1) is 0 Å². The number of β-lactam (4-membered cyclic amide) rings is 1. The average molecular weight is 923 g/mol. The summed E-state index contributed by atoms with van der Waals surface area (Å²) in [7, 11) is -5.08. The monoisotopic (exact) mass is 922 g/mol. The first kappa shape index (κ1) is 49.8. The van der Waals surface area contributed by atoms with Crippen molar-refractivity contribution in [3.63, 3.8) is 0 Å². The van der Waals surface area contributed by atoms with E-state index in [1.54, 1.807) is 92.9 Å². The number of nitrogens with one attached hydrogen (secondary N) is 3. The molecule has 63 heavy (non-hydrogen) atoms. The zero-order valence-corrected chi connectivity index (χ0v) is 38.5. The van der Waals surface area contributed by atoms with Crippen LogP contribution < -0.4 is 20.7 Å².